The lowest BCUT2D eigenvalue weighted by atomic mass is 10.2. The highest BCUT2D eigenvalue weighted by molar-refractivity contribution is 5.76. The largest absolute Gasteiger partial charge is 0.344 e. The highest BCUT2D eigenvalue weighted by Gasteiger charge is 2.22. The molecule has 2 aliphatic rings. The second-order valence-electron chi connectivity index (χ2n) is 7.95. The molecule has 10 nitrogen and oxygen atoms in total. The highest BCUT2D eigenvalue weighted by atomic mass is 16.2. The van der Waals surface area contributed by atoms with E-state index >= 15 is 0 Å². The number of hydrogen-bond donors (Lipinski definition) is 1. The van der Waals surface area contributed by atoms with E-state index in [4.69, 9.17) is 0 Å². The molecular formula is C23H30N8O2. The Morgan fingerprint density at radius 3 is 1.79 bits per heavy atom. The van der Waals surface area contributed by atoms with Crippen LogP contribution < -0.4 is 5.32 Å². The zero-order valence-corrected chi connectivity index (χ0v) is 18.7. The molecular weight excluding hydrogens is 420 g/mol. The Balaban J connectivity index is 0.000000172. The first-order valence-corrected chi connectivity index (χ1v) is 11.3. The zero-order valence-electron chi connectivity index (χ0n) is 18.7. The number of hydrogen-bond acceptors (Lipinski definition) is 6. The van der Waals surface area contributed by atoms with Crippen LogP contribution in [-0.2, 0) is 6.54 Å². The predicted molar refractivity (Wildman–Crippen MR) is 124 cm³/mol. The van der Waals surface area contributed by atoms with E-state index in [1.165, 1.54) is 14.9 Å². The van der Waals surface area contributed by atoms with Crippen LogP contribution in [0.1, 0.15) is 5.56 Å². The first kappa shape index (κ1) is 22.7. The Bertz CT molecular complexity index is 977. The van der Waals surface area contributed by atoms with Crippen molar-refractivity contribution in [2.75, 3.05) is 52.4 Å². The summed E-state index contributed by atoms with van der Waals surface area (Å²) in [5.74, 6) is 0. The number of piperazine rings is 2. The zero-order chi connectivity index (χ0) is 22.9. The van der Waals surface area contributed by atoms with Crippen LogP contribution in [0.3, 0.4) is 0 Å². The number of benzene rings is 1. The summed E-state index contributed by atoms with van der Waals surface area (Å²) in [4.78, 5) is 29.8. The fourth-order valence-electron chi connectivity index (χ4n) is 3.85. The van der Waals surface area contributed by atoms with Crippen molar-refractivity contribution in [3.05, 3.63) is 72.8 Å². The van der Waals surface area contributed by atoms with Crippen molar-refractivity contribution >= 4 is 12.1 Å². The Labute approximate surface area is 193 Å². The molecule has 0 unspecified atom stereocenters. The molecule has 2 saturated heterocycles. The van der Waals surface area contributed by atoms with Gasteiger partial charge in [-0.15, -0.1) is 0 Å². The fourth-order valence-corrected chi connectivity index (χ4v) is 3.85. The fraction of sp³-hybridized carbons (Fsp3) is 0.391. The third-order valence-electron chi connectivity index (χ3n) is 5.68. The lowest BCUT2D eigenvalue weighted by molar-refractivity contribution is 0.134. The molecule has 174 valence electrons. The van der Waals surface area contributed by atoms with Crippen LogP contribution in [0.2, 0.25) is 0 Å². The minimum absolute atomic E-state index is 0.0330. The molecule has 10 heteroatoms. The molecule has 0 spiro atoms. The number of carbonyl (C=O) groups excluding carboxylic acids is 2. The van der Waals surface area contributed by atoms with Crippen LogP contribution in [0.15, 0.2) is 67.3 Å². The van der Waals surface area contributed by atoms with Crippen molar-refractivity contribution in [1.82, 2.24) is 39.6 Å². The van der Waals surface area contributed by atoms with Crippen molar-refractivity contribution in [3.8, 4) is 0 Å². The maximum Gasteiger partial charge on any atom is 0.344 e. The van der Waals surface area contributed by atoms with Crippen LogP contribution in [0, 0.1) is 0 Å². The van der Waals surface area contributed by atoms with Crippen molar-refractivity contribution in [2.24, 2.45) is 0 Å². The van der Waals surface area contributed by atoms with Crippen LogP contribution in [0.25, 0.3) is 0 Å². The van der Waals surface area contributed by atoms with E-state index in [9.17, 15) is 9.59 Å². The molecule has 5 rings (SSSR count). The van der Waals surface area contributed by atoms with E-state index in [-0.39, 0.29) is 12.1 Å². The van der Waals surface area contributed by atoms with Crippen LogP contribution >= 0.6 is 0 Å². The molecule has 2 amide bonds. The summed E-state index contributed by atoms with van der Waals surface area (Å²) in [6, 6.07) is 13.9. The maximum atomic E-state index is 12.1. The molecule has 0 bridgehead atoms. The van der Waals surface area contributed by atoms with Gasteiger partial charge < -0.3 is 15.1 Å². The predicted octanol–water partition coefficient (Wildman–Crippen LogP) is 1.43. The van der Waals surface area contributed by atoms with Crippen molar-refractivity contribution in [2.45, 2.75) is 6.54 Å². The van der Waals surface area contributed by atoms with Gasteiger partial charge in [-0.1, -0.05) is 30.3 Å². The van der Waals surface area contributed by atoms with Crippen LogP contribution in [-0.4, -0.2) is 98.7 Å². The average Bonchev–Trinajstić information content (AvgIpc) is 3.60. The molecule has 4 heterocycles. The Morgan fingerprint density at radius 1 is 0.727 bits per heavy atom. The summed E-state index contributed by atoms with van der Waals surface area (Å²) < 4.78 is 2.76. The normalized spacial score (nSPS) is 16.7. The van der Waals surface area contributed by atoms with Gasteiger partial charge in [-0.2, -0.15) is 19.6 Å². The molecule has 0 radical (unpaired) electrons. The van der Waals surface area contributed by atoms with Gasteiger partial charge in [0.15, 0.2) is 0 Å². The number of aromatic nitrogens is 4. The quantitative estimate of drug-likeness (QED) is 0.635. The second-order valence-corrected chi connectivity index (χ2v) is 7.95. The number of rotatable bonds is 2. The Kier molecular flexibility index (Phi) is 7.83. The smallest absolute Gasteiger partial charge is 0.320 e. The van der Waals surface area contributed by atoms with E-state index in [0.717, 1.165) is 58.9 Å². The summed E-state index contributed by atoms with van der Waals surface area (Å²) in [6.45, 7) is 7.53. The summed E-state index contributed by atoms with van der Waals surface area (Å²) in [5, 5.41) is 11.1. The molecule has 2 fully saturated rings. The van der Waals surface area contributed by atoms with Gasteiger partial charge in [0, 0.05) is 83.7 Å². The van der Waals surface area contributed by atoms with Gasteiger partial charge in [-0.25, -0.2) is 9.59 Å². The average molecular weight is 451 g/mol. The van der Waals surface area contributed by atoms with Crippen molar-refractivity contribution in [1.29, 1.82) is 0 Å². The van der Waals surface area contributed by atoms with Crippen LogP contribution in [0.4, 0.5) is 9.59 Å². The monoisotopic (exact) mass is 450 g/mol. The number of nitrogens with one attached hydrogen (secondary N) is 1. The number of amides is 2. The summed E-state index contributed by atoms with van der Waals surface area (Å²) in [7, 11) is 0. The van der Waals surface area contributed by atoms with E-state index in [2.05, 4.69) is 44.7 Å². The van der Waals surface area contributed by atoms with Crippen molar-refractivity contribution in [3.63, 3.8) is 0 Å². The molecule has 2 aliphatic heterocycles. The lowest BCUT2D eigenvalue weighted by Crippen LogP contribution is -2.49. The molecule has 0 saturated carbocycles. The molecule has 1 aromatic carbocycles. The Morgan fingerprint density at radius 2 is 1.27 bits per heavy atom. The molecule has 33 heavy (non-hydrogen) atoms. The lowest BCUT2D eigenvalue weighted by Gasteiger charge is -2.34. The maximum absolute atomic E-state index is 12.1. The third-order valence-corrected chi connectivity index (χ3v) is 5.68. The SMILES string of the molecule is O=C(N1CCN(Cc2ccccc2)CC1)n1cccn1.O=C(N1CCNCC1)n1cccn1. The van der Waals surface area contributed by atoms with Gasteiger partial charge in [0.25, 0.3) is 0 Å². The first-order valence-electron chi connectivity index (χ1n) is 11.3. The van der Waals surface area contributed by atoms with E-state index in [1.807, 2.05) is 11.0 Å². The Hall–Kier alpha value is -3.50. The van der Waals surface area contributed by atoms with Gasteiger partial charge >= 0.3 is 12.1 Å². The van der Waals surface area contributed by atoms with Gasteiger partial charge in [-0.3, -0.25) is 4.90 Å². The standard InChI is InChI=1S/C15H18N4O.C8H12N4O/c20-15(19-8-4-7-16-19)18-11-9-17(10-12-18)13-14-5-2-1-3-6-14;13-8(12-5-1-2-10-12)11-6-3-9-4-7-11/h1-8H,9-13H2;1-2,5,9H,3-4,6-7H2. The van der Waals surface area contributed by atoms with Crippen molar-refractivity contribution < 1.29 is 9.59 Å². The van der Waals surface area contributed by atoms with Crippen LogP contribution in [0.5, 0.6) is 0 Å². The van der Waals surface area contributed by atoms with Gasteiger partial charge in [0.05, 0.1) is 0 Å². The summed E-state index contributed by atoms with van der Waals surface area (Å²) >= 11 is 0. The topological polar surface area (TPSA) is 91.5 Å². The number of carbonyl (C=O) groups is 2. The molecule has 3 aromatic rings. The minimum atomic E-state index is -0.0356. The third kappa shape index (κ3) is 6.27. The summed E-state index contributed by atoms with van der Waals surface area (Å²) in [5.41, 5.74) is 1.32. The van der Waals surface area contributed by atoms with Gasteiger partial charge in [-0.05, 0) is 17.7 Å². The van der Waals surface area contributed by atoms with E-state index < -0.39 is 0 Å². The molecule has 1 N–H and O–H groups in total. The van der Waals surface area contributed by atoms with Gasteiger partial charge in [0.1, 0.15) is 0 Å². The summed E-state index contributed by atoms with van der Waals surface area (Å²) in [6.07, 6.45) is 6.60. The molecule has 0 aliphatic carbocycles. The molecule has 2 aromatic heterocycles. The first-order chi connectivity index (χ1) is 16.2. The van der Waals surface area contributed by atoms with E-state index in [1.54, 1.807) is 41.8 Å². The van der Waals surface area contributed by atoms with Gasteiger partial charge in [0.2, 0.25) is 0 Å². The van der Waals surface area contributed by atoms with E-state index in [0.29, 0.717) is 0 Å². The minimum Gasteiger partial charge on any atom is -0.320 e. The molecule has 0 atom stereocenters. The highest BCUT2D eigenvalue weighted by Crippen LogP contribution is 2.09. The number of nitrogens with zero attached hydrogens (tertiary/aromatic N) is 7. The second kappa shape index (κ2) is 11.4.